The fourth-order valence-electron chi connectivity index (χ4n) is 6.20. The van der Waals surface area contributed by atoms with E-state index >= 15 is 0 Å². The molecule has 3 aliphatic carbocycles. The maximum absolute atomic E-state index is 13.8. The highest BCUT2D eigenvalue weighted by atomic mass is 35.5. The Hall–Kier alpha value is -3.15. The summed E-state index contributed by atoms with van der Waals surface area (Å²) >= 11 is 14.8. The average Bonchev–Trinajstić information content (AvgIpc) is 3.14. The lowest BCUT2D eigenvalue weighted by Gasteiger charge is -2.54. The molecular weight excluding hydrogens is 495 g/mol. The minimum absolute atomic E-state index is 0.0195. The van der Waals surface area contributed by atoms with E-state index < -0.39 is 21.6 Å². The molecule has 0 spiro atoms. The number of amides is 3. The number of hydrogen-bond donors (Lipinski definition) is 1. The summed E-state index contributed by atoms with van der Waals surface area (Å²) in [5.41, 5.74) is 5.92. The van der Waals surface area contributed by atoms with E-state index in [2.05, 4.69) is 5.32 Å². The van der Waals surface area contributed by atoms with Gasteiger partial charge in [-0.15, -0.1) is 23.2 Å². The van der Waals surface area contributed by atoms with Crippen LogP contribution in [0.5, 0.6) is 0 Å². The van der Waals surface area contributed by atoms with Crippen molar-refractivity contribution in [1.82, 2.24) is 4.90 Å². The smallest absolute Gasteiger partial charge is 0.235 e. The average molecular weight is 519 g/mol. The molecule has 0 aromatic heterocycles. The number of nitrogens with one attached hydrogen (secondary N) is 1. The number of alkyl halides is 2. The van der Waals surface area contributed by atoms with Gasteiger partial charge in [-0.25, -0.2) is 0 Å². The fraction of sp³-hybridized carbons (Fsp3) is 0.276. The lowest BCUT2D eigenvalue weighted by atomic mass is 9.54. The standard InChI is InChI=1S/C29H24Cl2N2O3/c1-16-11-12-18(15-17(16)2)32-23(34)13-14-33-26(35)24-25(27(33)36)29(31)20-8-4-3-7-19(20)28(24,30)21-9-5-6-10-22(21)29/h3-12,15,24-25H,13-14H2,1-2H3,(H,32,34)/t24-,25-,28?,29?/m0/s1. The Bertz CT molecular complexity index is 1340. The molecule has 182 valence electrons. The van der Waals surface area contributed by atoms with E-state index in [1.54, 1.807) is 0 Å². The Kier molecular flexibility index (Phi) is 5.12. The molecule has 4 aliphatic rings. The van der Waals surface area contributed by atoms with Crippen molar-refractivity contribution in [2.75, 3.05) is 11.9 Å². The summed E-state index contributed by atoms with van der Waals surface area (Å²) in [4.78, 5) is 39.0. The molecule has 1 heterocycles. The van der Waals surface area contributed by atoms with Gasteiger partial charge in [0.15, 0.2) is 0 Å². The number of carbonyl (C=O) groups excluding carboxylic acids is 3. The third kappa shape index (κ3) is 2.93. The Morgan fingerprint density at radius 1 is 0.806 bits per heavy atom. The first-order valence-electron chi connectivity index (χ1n) is 12.0. The van der Waals surface area contributed by atoms with Crippen molar-refractivity contribution in [2.24, 2.45) is 11.8 Å². The predicted octanol–water partition coefficient (Wildman–Crippen LogP) is 5.23. The van der Waals surface area contributed by atoms with Gasteiger partial charge in [-0.1, -0.05) is 54.6 Å². The number of hydrogen-bond acceptors (Lipinski definition) is 3. The van der Waals surface area contributed by atoms with Crippen LogP contribution in [-0.4, -0.2) is 29.2 Å². The zero-order chi connectivity index (χ0) is 25.4. The van der Waals surface area contributed by atoms with Gasteiger partial charge in [0.1, 0.15) is 9.75 Å². The van der Waals surface area contributed by atoms with Crippen LogP contribution in [0, 0.1) is 25.7 Å². The Balaban J connectivity index is 1.33. The SMILES string of the molecule is Cc1ccc(NC(=O)CCN2C(=O)[C@@H]3[C@@H](C2=O)C2(Cl)c4ccccc4C3(Cl)c3ccccc32)cc1C. The largest absolute Gasteiger partial charge is 0.326 e. The number of likely N-dealkylation sites (tertiary alicyclic amines) is 1. The topological polar surface area (TPSA) is 66.5 Å². The lowest BCUT2D eigenvalue weighted by molar-refractivity contribution is -0.140. The molecule has 7 heteroatoms. The zero-order valence-corrected chi connectivity index (χ0v) is 21.4. The van der Waals surface area contributed by atoms with Crippen LogP contribution in [0.2, 0.25) is 0 Å². The van der Waals surface area contributed by atoms with Crippen LogP contribution in [0.25, 0.3) is 0 Å². The van der Waals surface area contributed by atoms with E-state index in [0.29, 0.717) is 5.69 Å². The lowest BCUT2D eigenvalue weighted by Crippen LogP contribution is -2.57. The maximum atomic E-state index is 13.8. The molecule has 1 N–H and O–H groups in total. The number of rotatable bonds is 4. The molecule has 7 rings (SSSR count). The summed E-state index contributed by atoms with van der Waals surface area (Å²) < 4.78 is 0. The first kappa shape index (κ1) is 23.3. The van der Waals surface area contributed by atoms with Gasteiger partial charge in [-0.05, 0) is 59.4 Å². The van der Waals surface area contributed by atoms with Gasteiger partial charge < -0.3 is 5.32 Å². The summed E-state index contributed by atoms with van der Waals surface area (Å²) in [6.45, 7) is 3.94. The van der Waals surface area contributed by atoms with E-state index in [1.165, 1.54) is 4.90 Å². The summed E-state index contributed by atoms with van der Waals surface area (Å²) in [5, 5.41) is 2.86. The monoisotopic (exact) mass is 518 g/mol. The Labute approximate surface area is 219 Å². The molecule has 3 aromatic rings. The van der Waals surface area contributed by atoms with Crippen LogP contribution < -0.4 is 5.32 Å². The molecule has 0 saturated carbocycles. The number of halogens is 2. The molecule has 2 atom stereocenters. The van der Waals surface area contributed by atoms with Crippen LogP contribution in [0.15, 0.2) is 66.7 Å². The summed E-state index contributed by atoms with van der Waals surface area (Å²) in [7, 11) is 0. The van der Waals surface area contributed by atoms with Gasteiger partial charge in [-0.2, -0.15) is 0 Å². The number of benzene rings is 3. The van der Waals surface area contributed by atoms with Gasteiger partial charge in [-0.3, -0.25) is 19.3 Å². The van der Waals surface area contributed by atoms with Crippen LogP contribution in [0.4, 0.5) is 5.69 Å². The van der Waals surface area contributed by atoms with Crippen LogP contribution >= 0.6 is 23.2 Å². The van der Waals surface area contributed by atoms with E-state index in [9.17, 15) is 14.4 Å². The van der Waals surface area contributed by atoms with Crippen LogP contribution in [-0.2, 0) is 24.1 Å². The zero-order valence-electron chi connectivity index (χ0n) is 19.8. The number of nitrogens with zero attached hydrogens (tertiary/aromatic N) is 1. The number of anilines is 1. The number of aryl methyl sites for hydroxylation is 2. The minimum atomic E-state index is -1.21. The molecule has 3 aromatic carbocycles. The third-order valence-corrected chi connectivity index (χ3v) is 9.31. The van der Waals surface area contributed by atoms with Crippen LogP contribution in [0.1, 0.15) is 39.8 Å². The summed E-state index contributed by atoms with van der Waals surface area (Å²) in [6, 6.07) is 20.7. The van der Waals surface area contributed by atoms with Crippen molar-refractivity contribution in [3.8, 4) is 0 Å². The molecule has 3 amide bonds. The van der Waals surface area contributed by atoms with Crippen molar-refractivity contribution in [3.63, 3.8) is 0 Å². The second-order valence-electron chi connectivity index (χ2n) is 9.90. The molecular formula is C29H24Cl2N2O3. The van der Waals surface area contributed by atoms with E-state index in [1.807, 2.05) is 80.6 Å². The quantitative estimate of drug-likeness (QED) is 0.380. The van der Waals surface area contributed by atoms with Crippen LogP contribution in [0.3, 0.4) is 0 Å². The first-order chi connectivity index (χ1) is 17.2. The van der Waals surface area contributed by atoms with Gasteiger partial charge >= 0.3 is 0 Å². The van der Waals surface area contributed by atoms with E-state index in [-0.39, 0.29) is 30.7 Å². The van der Waals surface area contributed by atoms with Gasteiger partial charge in [0.2, 0.25) is 17.7 Å². The molecule has 36 heavy (non-hydrogen) atoms. The number of carbonyl (C=O) groups is 3. The molecule has 1 aliphatic heterocycles. The highest BCUT2D eigenvalue weighted by molar-refractivity contribution is 6.36. The van der Waals surface area contributed by atoms with Crippen molar-refractivity contribution >= 4 is 46.6 Å². The third-order valence-electron chi connectivity index (χ3n) is 8.03. The predicted molar refractivity (Wildman–Crippen MR) is 139 cm³/mol. The van der Waals surface area contributed by atoms with E-state index in [0.717, 1.165) is 33.4 Å². The minimum Gasteiger partial charge on any atom is -0.326 e. The van der Waals surface area contributed by atoms with Crippen molar-refractivity contribution in [3.05, 3.63) is 100 Å². The van der Waals surface area contributed by atoms with E-state index in [4.69, 9.17) is 23.2 Å². The van der Waals surface area contributed by atoms with Crippen molar-refractivity contribution in [2.45, 2.75) is 30.0 Å². The normalized spacial score (nSPS) is 27.5. The first-order valence-corrected chi connectivity index (χ1v) is 12.7. The number of imide groups is 1. The Morgan fingerprint density at radius 3 is 1.72 bits per heavy atom. The molecule has 1 saturated heterocycles. The van der Waals surface area contributed by atoms with Gasteiger partial charge in [0.05, 0.1) is 11.8 Å². The second kappa shape index (κ2) is 7.92. The summed E-state index contributed by atoms with van der Waals surface area (Å²) in [5.74, 6) is -2.74. The summed E-state index contributed by atoms with van der Waals surface area (Å²) in [6.07, 6.45) is -0.0195. The molecule has 0 radical (unpaired) electrons. The maximum Gasteiger partial charge on any atom is 0.235 e. The molecule has 5 nitrogen and oxygen atoms in total. The molecule has 2 bridgehead atoms. The van der Waals surface area contributed by atoms with Crippen molar-refractivity contribution in [1.29, 1.82) is 0 Å². The highest BCUT2D eigenvalue weighted by Gasteiger charge is 2.72. The Morgan fingerprint density at radius 2 is 1.28 bits per heavy atom. The second-order valence-corrected chi connectivity index (χ2v) is 11.1. The molecule has 1 fully saturated rings. The fourth-order valence-corrected chi connectivity index (χ4v) is 7.30. The van der Waals surface area contributed by atoms with Gasteiger partial charge in [0.25, 0.3) is 0 Å². The molecule has 0 unspecified atom stereocenters. The highest BCUT2D eigenvalue weighted by Crippen LogP contribution is 2.69. The van der Waals surface area contributed by atoms with Crippen molar-refractivity contribution < 1.29 is 14.4 Å². The van der Waals surface area contributed by atoms with Gasteiger partial charge in [0, 0.05) is 18.7 Å².